The molecule has 0 heterocycles. The summed E-state index contributed by atoms with van der Waals surface area (Å²) >= 11 is 11.2. The molecule has 14 heavy (non-hydrogen) atoms. The first-order valence-electron chi connectivity index (χ1n) is 3.82. The van der Waals surface area contributed by atoms with Gasteiger partial charge in [0.05, 0.1) is 7.11 Å². The average Bonchev–Trinajstić information content (AvgIpc) is 2.16. The molecule has 1 aromatic rings. The van der Waals surface area contributed by atoms with Gasteiger partial charge in [-0.15, -0.1) is 11.6 Å². The van der Waals surface area contributed by atoms with E-state index in [1.807, 2.05) is 0 Å². The summed E-state index contributed by atoms with van der Waals surface area (Å²) in [5.41, 5.74) is 0.205. The van der Waals surface area contributed by atoms with Crippen molar-refractivity contribution < 1.29 is 13.5 Å². The van der Waals surface area contributed by atoms with E-state index in [0.717, 1.165) is 0 Å². The van der Waals surface area contributed by atoms with Crippen LogP contribution in [0.5, 0.6) is 5.75 Å². The highest BCUT2D eigenvalue weighted by molar-refractivity contribution is 6.31. The minimum Gasteiger partial charge on any atom is -0.496 e. The number of halogens is 4. The van der Waals surface area contributed by atoms with Crippen LogP contribution in [0.1, 0.15) is 10.9 Å². The van der Waals surface area contributed by atoms with E-state index < -0.39 is 11.8 Å². The smallest absolute Gasteiger partial charge is 0.258 e. The highest BCUT2D eigenvalue weighted by Gasteiger charge is 2.23. The van der Waals surface area contributed by atoms with Gasteiger partial charge in [-0.1, -0.05) is 11.6 Å². The van der Waals surface area contributed by atoms with Crippen molar-refractivity contribution in [1.82, 2.24) is 0 Å². The van der Waals surface area contributed by atoms with Crippen LogP contribution in [-0.2, 0) is 0 Å². The van der Waals surface area contributed by atoms with E-state index >= 15 is 0 Å². The topological polar surface area (TPSA) is 9.23 Å². The van der Waals surface area contributed by atoms with Crippen molar-refractivity contribution in [3.8, 4) is 5.75 Å². The molecule has 0 amide bonds. The second kappa shape index (κ2) is 4.80. The van der Waals surface area contributed by atoms with Crippen molar-refractivity contribution in [2.45, 2.75) is 11.8 Å². The molecule has 0 saturated heterocycles. The first kappa shape index (κ1) is 11.5. The summed E-state index contributed by atoms with van der Waals surface area (Å²) in [5, 5.41) is -1.05. The zero-order valence-electron chi connectivity index (χ0n) is 7.31. The lowest BCUT2D eigenvalue weighted by molar-refractivity contribution is 0.142. The number of methoxy groups -OCH3 is 1. The number of benzene rings is 1. The van der Waals surface area contributed by atoms with Gasteiger partial charge in [-0.2, -0.15) is 0 Å². The Morgan fingerprint density at radius 3 is 2.50 bits per heavy atom. The van der Waals surface area contributed by atoms with E-state index in [-0.39, 0.29) is 5.56 Å². The second-order valence-corrected chi connectivity index (χ2v) is 3.53. The van der Waals surface area contributed by atoms with Gasteiger partial charge < -0.3 is 4.74 Å². The average molecular weight is 241 g/mol. The predicted molar refractivity (Wildman–Crippen MR) is 52.6 cm³/mol. The minimum atomic E-state index is -2.65. The Kier molecular flexibility index (Phi) is 3.96. The molecule has 0 aliphatic heterocycles. The maximum absolute atomic E-state index is 12.3. The molecule has 0 aliphatic carbocycles. The van der Waals surface area contributed by atoms with Gasteiger partial charge in [0, 0.05) is 10.6 Å². The highest BCUT2D eigenvalue weighted by atomic mass is 35.5. The fourth-order valence-electron chi connectivity index (χ4n) is 1.06. The third-order valence-corrected chi connectivity index (χ3v) is 2.37. The van der Waals surface area contributed by atoms with Crippen molar-refractivity contribution in [2.75, 3.05) is 7.11 Å². The van der Waals surface area contributed by atoms with Crippen molar-refractivity contribution in [1.29, 1.82) is 0 Å². The van der Waals surface area contributed by atoms with Crippen LogP contribution < -0.4 is 4.74 Å². The zero-order chi connectivity index (χ0) is 10.7. The molecule has 0 aliphatic rings. The predicted octanol–water partition coefficient (Wildman–Crippen LogP) is 3.89. The fourth-order valence-corrected chi connectivity index (χ4v) is 1.41. The molecule has 78 valence electrons. The number of rotatable bonds is 3. The number of hydrogen-bond acceptors (Lipinski definition) is 1. The molecule has 5 heteroatoms. The zero-order valence-corrected chi connectivity index (χ0v) is 8.82. The maximum Gasteiger partial charge on any atom is 0.258 e. The Bertz CT molecular complexity index is 318. The number of alkyl halides is 3. The Morgan fingerprint density at radius 2 is 2.00 bits per heavy atom. The molecule has 0 aromatic heterocycles. The lowest BCUT2D eigenvalue weighted by atomic mass is 10.1. The van der Waals surface area contributed by atoms with E-state index in [9.17, 15) is 8.78 Å². The summed E-state index contributed by atoms with van der Waals surface area (Å²) < 4.78 is 29.6. The molecular formula is C9H8Cl2F2O. The Morgan fingerprint density at radius 1 is 1.36 bits per heavy atom. The highest BCUT2D eigenvalue weighted by Crippen LogP contribution is 2.35. The third-order valence-electron chi connectivity index (χ3n) is 1.71. The van der Waals surface area contributed by atoms with E-state index in [1.54, 1.807) is 6.07 Å². The van der Waals surface area contributed by atoms with Gasteiger partial charge in [0.1, 0.15) is 11.1 Å². The summed E-state index contributed by atoms with van der Waals surface area (Å²) in [4.78, 5) is 0. The van der Waals surface area contributed by atoms with E-state index in [2.05, 4.69) is 0 Å². The molecule has 1 aromatic carbocycles. The van der Waals surface area contributed by atoms with Gasteiger partial charge in [0.25, 0.3) is 6.43 Å². The van der Waals surface area contributed by atoms with Crippen molar-refractivity contribution in [3.63, 3.8) is 0 Å². The van der Waals surface area contributed by atoms with Gasteiger partial charge in [-0.25, -0.2) is 8.78 Å². The van der Waals surface area contributed by atoms with Crippen LogP contribution in [0.25, 0.3) is 0 Å². The summed E-state index contributed by atoms with van der Waals surface area (Å²) in [5.74, 6) is 0.315. The molecular weight excluding hydrogens is 233 g/mol. The van der Waals surface area contributed by atoms with Gasteiger partial charge >= 0.3 is 0 Å². The largest absolute Gasteiger partial charge is 0.496 e. The minimum absolute atomic E-state index is 0.205. The summed E-state index contributed by atoms with van der Waals surface area (Å²) in [6, 6.07) is 4.44. The Hall–Kier alpha value is -0.540. The first-order chi connectivity index (χ1) is 6.56. The Balaban J connectivity index is 3.10. The van der Waals surface area contributed by atoms with Gasteiger partial charge in [-0.3, -0.25) is 0 Å². The maximum atomic E-state index is 12.3. The summed E-state index contributed by atoms with van der Waals surface area (Å²) in [6.07, 6.45) is -2.65. The van der Waals surface area contributed by atoms with E-state index in [4.69, 9.17) is 27.9 Å². The SMILES string of the molecule is COc1ccc(Cl)cc1C(Cl)C(F)F. The van der Waals surface area contributed by atoms with Gasteiger partial charge in [0.2, 0.25) is 0 Å². The van der Waals surface area contributed by atoms with E-state index in [1.165, 1.54) is 19.2 Å². The first-order valence-corrected chi connectivity index (χ1v) is 4.63. The number of hydrogen-bond donors (Lipinski definition) is 0. The number of ether oxygens (including phenoxy) is 1. The molecule has 1 nitrogen and oxygen atoms in total. The van der Waals surface area contributed by atoms with Crippen molar-refractivity contribution in [2.24, 2.45) is 0 Å². The van der Waals surface area contributed by atoms with Crippen molar-refractivity contribution in [3.05, 3.63) is 28.8 Å². The molecule has 0 radical (unpaired) electrons. The van der Waals surface area contributed by atoms with E-state index in [0.29, 0.717) is 10.8 Å². The molecule has 0 saturated carbocycles. The summed E-state index contributed by atoms with van der Waals surface area (Å²) in [7, 11) is 1.39. The molecule has 1 rings (SSSR count). The van der Waals surface area contributed by atoms with Crippen LogP contribution in [0, 0.1) is 0 Å². The summed E-state index contributed by atoms with van der Waals surface area (Å²) in [6.45, 7) is 0. The van der Waals surface area contributed by atoms with Crippen LogP contribution in [0.2, 0.25) is 5.02 Å². The van der Waals surface area contributed by atoms with Crippen LogP contribution >= 0.6 is 23.2 Å². The third kappa shape index (κ3) is 2.49. The molecule has 1 unspecified atom stereocenters. The van der Waals surface area contributed by atoms with Crippen LogP contribution in [0.15, 0.2) is 18.2 Å². The molecule has 0 bridgehead atoms. The molecule has 0 fully saturated rings. The lowest BCUT2D eigenvalue weighted by Crippen LogP contribution is -2.04. The molecule has 1 atom stereocenters. The van der Waals surface area contributed by atoms with Crippen molar-refractivity contribution >= 4 is 23.2 Å². The monoisotopic (exact) mass is 240 g/mol. The fraction of sp³-hybridized carbons (Fsp3) is 0.333. The van der Waals surface area contributed by atoms with Crippen LogP contribution in [-0.4, -0.2) is 13.5 Å². The molecule has 0 spiro atoms. The van der Waals surface area contributed by atoms with Crippen LogP contribution in [0.4, 0.5) is 8.78 Å². The standard InChI is InChI=1S/C9H8Cl2F2O/c1-14-7-3-2-5(10)4-6(7)8(11)9(12)13/h2-4,8-9H,1H3. The van der Waals surface area contributed by atoms with Gasteiger partial charge in [0.15, 0.2) is 0 Å². The van der Waals surface area contributed by atoms with Crippen LogP contribution in [0.3, 0.4) is 0 Å². The van der Waals surface area contributed by atoms with Gasteiger partial charge in [-0.05, 0) is 18.2 Å². The molecule has 0 N–H and O–H groups in total. The second-order valence-electron chi connectivity index (χ2n) is 2.62. The Labute approximate surface area is 90.6 Å². The quantitative estimate of drug-likeness (QED) is 0.729. The normalized spacial score (nSPS) is 13.0. The lowest BCUT2D eigenvalue weighted by Gasteiger charge is -2.13.